The molecular formula is C22H24O5. The van der Waals surface area contributed by atoms with E-state index in [1.54, 1.807) is 24.3 Å². The minimum Gasteiger partial charge on any atom is -0.508 e. The van der Waals surface area contributed by atoms with E-state index in [2.05, 4.69) is 0 Å². The van der Waals surface area contributed by atoms with Crippen molar-refractivity contribution in [1.29, 1.82) is 0 Å². The Labute approximate surface area is 159 Å². The van der Waals surface area contributed by atoms with E-state index >= 15 is 0 Å². The summed E-state index contributed by atoms with van der Waals surface area (Å²) in [4.78, 5) is 12.7. The predicted molar refractivity (Wildman–Crippen MR) is 106 cm³/mol. The van der Waals surface area contributed by atoms with Crippen molar-refractivity contribution in [2.45, 2.75) is 20.3 Å². The van der Waals surface area contributed by atoms with Crippen molar-refractivity contribution in [3.05, 3.63) is 64.7 Å². The molecule has 2 rings (SSSR count). The minimum absolute atomic E-state index is 0.0884. The average molecular weight is 368 g/mol. The first-order valence-electron chi connectivity index (χ1n) is 8.49. The lowest BCUT2D eigenvalue weighted by atomic mass is 9.99. The smallest absolute Gasteiger partial charge is 0.193 e. The maximum absolute atomic E-state index is 12.7. The van der Waals surface area contributed by atoms with Gasteiger partial charge in [0.25, 0.3) is 0 Å². The lowest BCUT2D eigenvalue weighted by Crippen LogP contribution is -2.04. The fraction of sp³-hybridized carbons (Fsp3) is 0.227. The largest absolute Gasteiger partial charge is 0.508 e. The first-order valence-corrected chi connectivity index (χ1v) is 8.49. The third kappa shape index (κ3) is 4.91. The summed E-state index contributed by atoms with van der Waals surface area (Å²) in [5.41, 5.74) is 2.46. The van der Waals surface area contributed by atoms with Crippen molar-refractivity contribution in [3.63, 3.8) is 0 Å². The molecule has 2 aromatic carbocycles. The van der Waals surface area contributed by atoms with E-state index in [0.29, 0.717) is 17.7 Å². The average Bonchev–Trinajstić information content (AvgIpc) is 2.65. The van der Waals surface area contributed by atoms with Crippen LogP contribution in [0.3, 0.4) is 0 Å². The highest BCUT2D eigenvalue weighted by molar-refractivity contribution is 6.11. The highest BCUT2D eigenvalue weighted by Gasteiger charge is 2.22. The number of rotatable bonds is 7. The van der Waals surface area contributed by atoms with Gasteiger partial charge in [-0.15, -0.1) is 0 Å². The zero-order valence-electron chi connectivity index (χ0n) is 15.9. The molecule has 0 bridgehead atoms. The van der Waals surface area contributed by atoms with E-state index in [9.17, 15) is 15.0 Å². The summed E-state index contributed by atoms with van der Waals surface area (Å²) in [5, 5.41) is 20.1. The SMILES string of the molecule is COc1cc(OC)c(C(=O)/C=C/c2ccc(O)cc2)c(O)c1CC=C(C)C. The van der Waals surface area contributed by atoms with Gasteiger partial charge < -0.3 is 19.7 Å². The molecule has 2 aromatic rings. The number of carbonyl (C=O) groups excluding carboxylic acids is 1. The van der Waals surface area contributed by atoms with Crippen LogP contribution in [0.5, 0.6) is 23.0 Å². The van der Waals surface area contributed by atoms with Crippen molar-refractivity contribution in [1.82, 2.24) is 0 Å². The molecule has 2 N–H and O–H groups in total. The Morgan fingerprint density at radius 3 is 2.22 bits per heavy atom. The standard InChI is InChI=1S/C22H24O5/c1-14(2)5-11-17-19(26-3)13-20(27-4)21(22(17)25)18(24)12-8-15-6-9-16(23)10-7-15/h5-10,12-13,23,25H,11H2,1-4H3/b12-8+. The van der Waals surface area contributed by atoms with Crippen LogP contribution >= 0.6 is 0 Å². The number of carbonyl (C=O) groups is 1. The van der Waals surface area contributed by atoms with E-state index in [-0.39, 0.29) is 22.8 Å². The van der Waals surface area contributed by atoms with Gasteiger partial charge in [-0.1, -0.05) is 29.9 Å². The Balaban J connectivity index is 2.46. The van der Waals surface area contributed by atoms with Gasteiger partial charge in [-0.3, -0.25) is 4.79 Å². The van der Waals surface area contributed by atoms with Crippen molar-refractivity contribution in [3.8, 4) is 23.0 Å². The molecule has 142 valence electrons. The summed E-state index contributed by atoms with van der Waals surface area (Å²) in [6.07, 6.45) is 5.36. The van der Waals surface area contributed by atoms with E-state index in [4.69, 9.17) is 9.47 Å². The number of aromatic hydroxyl groups is 2. The molecule has 0 aliphatic carbocycles. The van der Waals surface area contributed by atoms with Crippen LogP contribution in [-0.2, 0) is 6.42 Å². The molecule has 0 saturated carbocycles. The Morgan fingerprint density at radius 2 is 1.67 bits per heavy atom. The normalized spacial score (nSPS) is 10.7. The molecular weight excluding hydrogens is 344 g/mol. The molecule has 0 atom stereocenters. The van der Waals surface area contributed by atoms with Gasteiger partial charge in [-0.2, -0.15) is 0 Å². The molecule has 0 saturated heterocycles. The number of phenolic OH excluding ortho intramolecular Hbond substituents is 2. The summed E-state index contributed by atoms with van der Waals surface area (Å²) < 4.78 is 10.6. The molecule has 0 aliphatic rings. The van der Waals surface area contributed by atoms with Crippen LogP contribution in [-0.4, -0.2) is 30.2 Å². The highest BCUT2D eigenvalue weighted by atomic mass is 16.5. The zero-order valence-corrected chi connectivity index (χ0v) is 15.9. The number of hydrogen-bond donors (Lipinski definition) is 2. The van der Waals surface area contributed by atoms with Gasteiger partial charge in [-0.25, -0.2) is 0 Å². The Morgan fingerprint density at radius 1 is 1.04 bits per heavy atom. The number of methoxy groups -OCH3 is 2. The predicted octanol–water partition coefficient (Wildman–Crippen LogP) is 4.52. The second-order valence-corrected chi connectivity index (χ2v) is 6.26. The fourth-order valence-corrected chi connectivity index (χ4v) is 2.59. The summed E-state index contributed by atoms with van der Waals surface area (Å²) in [5.74, 6) is 0.311. The Hall–Kier alpha value is -3.21. The molecule has 0 heterocycles. The summed E-state index contributed by atoms with van der Waals surface area (Å²) >= 11 is 0. The lowest BCUT2D eigenvalue weighted by molar-refractivity contribution is 0.104. The Bertz CT molecular complexity index is 873. The number of hydrogen-bond acceptors (Lipinski definition) is 5. The first-order chi connectivity index (χ1) is 12.9. The second-order valence-electron chi connectivity index (χ2n) is 6.26. The number of allylic oxidation sites excluding steroid dienone is 3. The molecule has 5 heteroatoms. The van der Waals surface area contributed by atoms with Crippen LogP contribution in [0, 0.1) is 0 Å². The monoisotopic (exact) mass is 368 g/mol. The van der Waals surface area contributed by atoms with Gasteiger partial charge in [0.05, 0.1) is 14.2 Å². The van der Waals surface area contributed by atoms with Gasteiger partial charge in [0.1, 0.15) is 28.6 Å². The van der Waals surface area contributed by atoms with E-state index in [1.165, 1.54) is 32.4 Å². The second kappa shape index (κ2) is 8.94. The number of phenols is 2. The Kier molecular flexibility index (Phi) is 6.66. The summed E-state index contributed by atoms with van der Waals surface area (Å²) in [7, 11) is 2.94. The maximum Gasteiger partial charge on any atom is 0.193 e. The fourth-order valence-electron chi connectivity index (χ4n) is 2.59. The number of ketones is 1. The number of benzene rings is 2. The molecule has 0 fully saturated rings. The van der Waals surface area contributed by atoms with Gasteiger partial charge in [0.2, 0.25) is 0 Å². The van der Waals surface area contributed by atoms with E-state index < -0.39 is 5.78 Å². The van der Waals surface area contributed by atoms with Gasteiger partial charge >= 0.3 is 0 Å². The van der Waals surface area contributed by atoms with Crippen LogP contribution in [0.1, 0.15) is 35.3 Å². The topological polar surface area (TPSA) is 76.0 Å². The van der Waals surface area contributed by atoms with E-state index in [1.807, 2.05) is 19.9 Å². The van der Waals surface area contributed by atoms with Gasteiger partial charge in [0, 0.05) is 11.6 Å². The van der Waals surface area contributed by atoms with E-state index in [0.717, 1.165) is 11.1 Å². The molecule has 0 amide bonds. The molecule has 0 spiro atoms. The molecule has 0 aromatic heterocycles. The number of ether oxygens (including phenoxy) is 2. The van der Waals surface area contributed by atoms with Crippen molar-refractivity contribution >= 4 is 11.9 Å². The third-order valence-corrected chi connectivity index (χ3v) is 4.05. The maximum atomic E-state index is 12.7. The lowest BCUT2D eigenvalue weighted by Gasteiger charge is -2.15. The molecule has 0 radical (unpaired) electrons. The van der Waals surface area contributed by atoms with Crippen LogP contribution in [0.15, 0.2) is 48.1 Å². The van der Waals surface area contributed by atoms with Gasteiger partial charge in [-0.05, 0) is 44.0 Å². The van der Waals surface area contributed by atoms with Crippen molar-refractivity contribution < 1.29 is 24.5 Å². The van der Waals surface area contributed by atoms with Crippen molar-refractivity contribution in [2.75, 3.05) is 14.2 Å². The van der Waals surface area contributed by atoms with Crippen LogP contribution in [0.2, 0.25) is 0 Å². The molecule has 5 nitrogen and oxygen atoms in total. The minimum atomic E-state index is -0.390. The third-order valence-electron chi connectivity index (χ3n) is 4.05. The quantitative estimate of drug-likeness (QED) is 0.427. The first kappa shape index (κ1) is 20.1. The van der Waals surface area contributed by atoms with Crippen LogP contribution in [0.4, 0.5) is 0 Å². The molecule has 0 aliphatic heterocycles. The summed E-state index contributed by atoms with van der Waals surface area (Å²) in [6.45, 7) is 3.92. The summed E-state index contributed by atoms with van der Waals surface area (Å²) in [6, 6.07) is 8.05. The highest BCUT2D eigenvalue weighted by Crippen LogP contribution is 2.39. The molecule has 0 unspecified atom stereocenters. The molecule has 27 heavy (non-hydrogen) atoms. The van der Waals surface area contributed by atoms with Crippen LogP contribution < -0.4 is 9.47 Å². The van der Waals surface area contributed by atoms with Gasteiger partial charge in [0.15, 0.2) is 5.78 Å². The van der Waals surface area contributed by atoms with Crippen molar-refractivity contribution in [2.24, 2.45) is 0 Å². The van der Waals surface area contributed by atoms with Crippen LogP contribution in [0.25, 0.3) is 6.08 Å². The zero-order chi connectivity index (χ0) is 20.0.